The van der Waals surface area contributed by atoms with Crippen LogP contribution in [0.5, 0.6) is 5.75 Å². The normalized spacial score (nSPS) is 18.3. The molecule has 0 radical (unpaired) electrons. The molecule has 0 aliphatic carbocycles. The molecule has 0 aromatic heterocycles. The number of carbonyl (C=O) groups is 1. The molecule has 2 fully saturated rings. The molecule has 0 spiro atoms. The van der Waals surface area contributed by atoms with Crippen LogP contribution in [0.3, 0.4) is 0 Å². The SMILES string of the molecule is Cc1ccc(OC2CCN(C(=O)c3cc(S(=O)(=O)N4CCOCC4)ccc3F)CC2)cc1C. The summed E-state index contributed by atoms with van der Waals surface area (Å²) in [6, 6.07) is 9.37. The lowest BCUT2D eigenvalue weighted by Crippen LogP contribution is -2.42. The number of rotatable bonds is 5. The van der Waals surface area contributed by atoms with Gasteiger partial charge in [-0.3, -0.25) is 4.79 Å². The van der Waals surface area contributed by atoms with Crippen molar-refractivity contribution in [2.24, 2.45) is 0 Å². The summed E-state index contributed by atoms with van der Waals surface area (Å²) in [5, 5.41) is 0. The van der Waals surface area contributed by atoms with Crippen molar-refractivity contribution in [3.05, 3.63) is 58.9 Å². The number of likely N-dealkylation sites (tertiary alicyclic amines) is 1. The number of hydrogen-bond donors (Lipinski definition) is 0. The van der Waals surface area contributed by atoms with Crippen molar-refractivity contribution in [2.75, 3.05) is 39.4 Å². The van der Waals surface area contributed by atoms with Gasteiger partial charge in [0.05, 0.1) is 23.7 Å². The van der Waals surface area contributed by atoms with Gasteiger partial charge in [-0.1, -0.05) is 6.07 Å². The number of morpholine rings is 1. The molecule has 178 valence electrons. The Morgan fingerprint density at radius 1 is 1.00 bits per heavy atom. The number of sulfonamides is 1. The van der Waals surface area contributed by atoms with E-state index >= 15 is 0 Å². The van der Waals surface area contributed by atoms with Gasteiger partial charge in [0, 0.05) is 39.0 Å². The summed E-state index contributed by atoms with van der Waals surface area (Å²) in [5.41, 5.74) is 2.13. The molecular weight excluding hydrogens is 447 g/mol. The van der Waals surface area contributed by atoms with Crippen molar-refractivity contribution in [1.29, 1.82) is 0 Å². The lowest BCUT2D eigenvalue weighted by atomic mass is 10.1. The fourth-order valence-electron chi connectivity index (χ4n) is 4.09. The predicted octanol–water partition coefficient (Wildman–Crippen LogP) is 3.15. The molecule has 33 heavy (non-hydrogen) atoms. The van der Waals surface area contributed by atoms with Crippen LogP contribution in [0.15, 0.2) is 41.3 Å². The Balaban J connectivity index is 1.43. The molecule has 0 saturated carbocycles. The smallest absolute Gasteiger partial charge is 0.256 e. The van der Waals surface area contributed by atoms with Crippen LogP contribution in [0.2, 0.25) is 0 Å². The minimum absolute atomic E-state index is 0.0333. The number of piperidine rings is 1. The fraction of sp³-hybridized carbons (Fsp3) is 0.458. The number of aryl methyl sites for hydroxylation is 2. The van der Waals surface area contributed by atoms with Gasteiger partial charge in [-0.2, -0.15) is 4.31 Å². The summed E-state index contributed by atoms with van der Waals surface area (Å²) in [7, 11) is -3.82. The van der Waals surface area contributed by atoms with E-state index in [0.717, 1.165) is 23.4 Å². The number of halogens is 1. The Morgan fingerprint density at radius 2 is 1.70 bits per heavy atom. The summed E-state index contributed by atoms with van der Waals surface area (Å²) < 4.78 is 53.0. The molecule has 0 unspecified atom stereocenters. The fourth-order valence-corrected chi connectivity index (χ4v) is 5.53. The highest BCUT2D eigenvalue weighted by Gasteiger charge is 2.30. The number of amides is 1. The van der Waals surface area contributed by atoms with E-state index in [4.69, 9.17) is 9.47 Å². The third-order valence-corrected chi connectivity index (χ3v) is 8.18. The monoisotopic (exact) mass is 476 g/mol. The van der Waals surface area contributed by atoms with Crippen molar-refractivity contribution < 1.29 is 27.1 Å². The third kappa shape index (κ3) is 5.20. The number of ether oxygens (including phenoxy) is 2. The maximum Gasteiger partial charge on any atom is 0.256 e. The Kier molecular flexibility index (Phi) is 7.02. The summed E-state index contributed by atoms with van der Waals surface area (Å²) >= 11 is 0. The summed E-state index contributed by atoms with van der Waals surface area (Å²) in [6.07, 6.45) is 1.20. The molecule has 2 aromatic rings. The maximum atomic E-state index is 14.5. The Bertz CT molecular complexity index is 1120. The van der Waals surface area contributed by atoms with E-state index in [-0.39, 0.29) is 29.7 Å². The number of benzene rings is 2. The van der Waals surface area contributed by atoms with Gasteiger partial charge in [0.1, 0.15) is 17.7 Å². The van der Waals surface area contributed by atoms with Crippen molar-refractivity contribution >= 4 is 15.9 Å². The number of nitrogens with zero attached hydrogens (tertiary/aromatic N) is 2. The van der Waals surface area contributed by atoms with E-state index < -0.39 is 21.7 Å². The van der Waals surface area contributed by atoms with Crippen LogP contribution in [0.1, 0.15) is 34.3 Å². The Hall–Kier alpha value is -2.49. The first-order chi connectivity index (χ1) is 15.8. The van der Waals surface area contributed by atoms with E-state index in [1.807, 2.05) is 32.0 Å². The van der Waals surface area contributed by atoms with Gasteiger partial charge in [0.25, 0.3) is 5.91 Å². The molecule has 0 N–H and O–H groups in total. The van der Waals surface area contributed by atoms with Crippen LogP contribution in [-0.2, 0) is 14.8 Å². The summed E-state index contributed by atoms with van der Waals surface area (Å²) in [5.74, 6) is -0.430. The van der Waals surface area contributed by atoms with E-state index in [1.54, 1.807) is 4.90 Å². The highest BCUT2D eigenvalue weighted by atomic mass is 32.2. The minimum atomic E-state index is -3.82. The molecule has 2 aromatic carbocycles. The molecule has 2 heterocycles. The highest BCUT2D eigenvalue weighted by molar-refractivity contribution is 7.89. The van der Waals surface area contributed by atoms with Gasteiger partial charge in [0.2, 0.25) is 10.0 Å². The largest absolute Gasteiger partial charge is 0.490 e. The van der Waals surface area contributed by atoms with Crippen LogP contribution in [0.25, 0.3) is 0 Å². The predicted molar refractivity (Wildman–Crippen MR) is 121 cm³/mol. The second-order valence-corrected chi connectivity index (χ2v) is 10.5. The van der Waals surface area contributed by atoms with Gasteiger partial charge in [-0.25, -0.2) is 12.8 Å². The zero-order valence-electron chi connectivity index (χ0n) is 18.9. The molecule has 7 nitrogen and oxygen atoms in total. The zero-order chi connectivity index (χ0) is 23.6. The maximum absolute atomic E-state index is 14.5. The Morgan fingerprint density at radius 3 is 2.36 bits per heavy atom. The summed E-state index contributed by atoms with van der Waals surface area (Å²) in [6.45, 7) is 5.99. The minimum Gasteiger partial charge on any atom is -0.490 e. The van der Waals surface area contributed by atoms with Gasteiger partial charge in [0.15, 0.2) is 0 Å². The molecular formula is C24H29FN2O5S. The first-order valence-electron chi connectivity index (χ1n) is 11.2. The number of hydrogen-bond acceptors (Lipinski definition) is 5. The van der Waals surface area contributed by atoms with Crippen molar-refractivity contribution in [3.63, 3.8) is 0 Å². The molecule has 2 aliphatic rings. The molecule has 2 aliphatic heterocycles. The molecule has 4 rings (SSSR count). The molecule has 0 bridgehead atoms. The van der Waals surface area contributed by atoms with E-state index in [1.165, 1.54) is 15.9 Å². The molecule has 0 atom stereocenters. The second-order valence-electron chi connectivity index (χ2n) is 8.51. The third-order valence-electron chi connectivity index (χ3n) is 6.29. The Labute approximate surface area is 194 Å². The first kappa shape index (κ1) is 23.7. The highest BCUT2D eigenvalue weighted by Crippen LogP contribution is 2.25. The van der Waals surface area contributed by atoms with Crippen molar-refractivity contribution in [3.8, 4) is 5.75 Å². The summed E-state index contributed by atoms with van der Waals surface area (Å²) in [4.78, 5) is 14.5. The van der Waals surface area contributed by atoms with Gasteiger partial charge in [-0.15, -0.1) is 0 Å². The van der Waals surface area contributed by atoms with Gasteiger partial charge >= 0.3 is 0 Å². The van der Waals surface area contributed by atoms with Crippen LogP contribution in [0, 0.1) is 19.7 Å². The van der Waals surface area contributed by atoms with Gasteiger partial charge in [-0.05, 0) is 55.3 Å². The first-order valence-corrected chi connectivity index (χ1v) is 12.6. The average Bonchev–Trinajstić information content (AvgIpc) is 2.82. The standard InChI is InChI=1S/C24H29FN2O5S/c1-17-3-4-20(15-18(17)2)32-19-7-9-26(10-8-19)24(28)22-16-21(5-6-23(22)25)33(29,30)27-11-13-31-14-12-27/h3-6,15-16,19H,7-14H2,1-2H3. The molecule has 9 heteroatoms. The number of carbonyl (C=O) groups excluding carboxylic acids is 1. The topological polar surface area (TPSA) is 76.2 Å². The quantitative estimate of drug-likeness (QED) is 0.663. The van der Waals surface area contributed by atoms with Crippen molar-refractivity contribution in [2.45, 2.75) is 37.7 Å². The average molecular weight is 477 g/mol. The van der Waals surface area contributed by atoms with Crippen LogP contribution < -0.4 is 4.74 Å². The van der Waals surface area contributed by atoms with Crippen LogP contribution in [-0.4, -0.2) is 69.0 Å². The van der Waals surface area contributed by atoms with Crippen molar-refractivity contribution in [1.82, 2.24) is 9.21 Å². The lowest BCUT2D eigenvalue weighted by Gasteiger charge is -2.32. The van der Waals surface area contributed by atoms with E-state index in [2.05, 4.69) is 0 Å². The van der Waals surface area contributed by atoms with E-state index in [9.17, 15) is 17.6 Å². The molecule has 2 saturated heterocycles. The van der Waals surface area contributed by atoms with Gasteiger partial charge < -0.3 is 14.4 Å². The van der Waals surface area contributed by atoms with E-state index in [0.29, 0.717) is 39.1 Å². The van der Waals surface area contributed by atoms with Crippen LogP contribution >= 0.6 is 0 Å². The van der Waals surface area contributed by atoms with Crippen LogP contribution in [0.4, 0.5) is 4.39 Å². The lowest BCUT2D eigenvalue weighted by molar-refractivity contribution is 0.0591. The second kappa shape index (κ2) is 9.79. The zero-order valence-corrected chi connectivity index (χ0v) is 19.7. The molecule has 1 amide bonds.